The Hall–Kier alpha value is -2.03. The van der Waals surface area contributed by atoms with E-state index in [1.165, 1.54) is 11.8 Å². The minimum Gasteiger partial charge on any atom is -0.341 e. The van der Waals surface area contributed by atoms with Gasteiger partial charge in [0.2, 0.25) is 5.91 Å². The molecule has 0 aliphatic heterocycles. The number of aryl methyl sites for hydroxylation is 1. The van der Waals surface area contributed by atoms with Crippen molar-refractivity contribution in [2.45, 2.75) is 32.3 Å². The maximum Gasteiger partial charge on any atom is 0.233 e. The Bertz CT molecular complexity index is 828. The first-order chi connectivity index (χ1) is 11.8. The number of halogens is 1. The molecule has 0 unspecified atom stereocenters. The summed E-state index contributed by atoms with van der Waals surface area (Å²) in [5.74, 6) is 0.231. The number of pyridine rings is 1. The number of aromatic nitrogens is 1. The van der Waals surface area contributed by atoms with Gasteiger partial charge in [-0.25, -0.2) is 4.98 Å². The summed E-state index contributed by atoms with van der Waals surface area (Å²) >= 11 is 7.19. The van der Waals surface area contributed by atoms with Crippen molar-refractivity contribution in [3.8, 4) is 6.07 Å². The molecule has 1 amide bonds. The summed E-state index contributed by atoms with van der Waals surface area (Å²) in [6, 6.07) is 9.64. The van der Waals surface area contributed by atoms with E-state index in [1.807, 2.05) is 45.0 Å². The minimum atomic E-state index is -0.0125. The van der Waals surface area contributed by atoms with E-state index >= 15 is 0 Å². The first kappa shape index (κ1) is 19.3. The molecule has 0 saturated carbocycles. The second-order valence-corrected chi connectivity index (χ2v) is 7.30. The van der Waals surface area contributed by atoms with Crippen molar-refractivity contribution >= 4 is 29.3 Å². The zero-order chi connectivity index (χ0) is 18.6. The first-order valence-electron chi connectivity index (χ1n) is 7.82. The first-order valence-corrected chi connectivity index (χ1v) is 9.19. The van der Waals surface area contributed by atoms with E-state index in [9.17, 15) is 10.1 Å². The number of nitriles is 1. The van der Waals surface area contributed by atoms with E-state index in [1.54, 1.807) is 11.9 Å². The quantitative estimate of drug-likeness (QED) is 0.734. The summed E-state index contributed by atoms with van der Waals surface area (Å²) < 4.78 is 0. The molecule has 2 aromatic rings. The van der Waals surface area contributed by atoms with Crippen molar-refractivity contribution in [3.63, 3.8) is 0 Å². The summed E-state index contributed by atoms with van der Waals surface area (Å²) in [5.41, 5.74) is 4.41. The normalized spacial score (nSPS) is 10.4. The predicted molar refractivity (Wildman–Crippen MR) is 102 cm³/mol. The lowest BCUT2D eigenvalue weighted by molar-refractivity contribution is -0.127. The van der Waals surface area contributed by atoms with E-state index in [0.29, 0.717) is 22.2 Å². The van der Waals surface area contributed by atoms with Gasteiger partial charge in [0.25, 0.3) is 0 Å². The number of carbonyl (C=O) groups excluding carboxylic acids is 1. The Balaban J connectivity index is 2.04. The van der Waals surface area contributed by atoms with Crippen LogP contribution in [0, 0.1) is 32.1 Å². The summed E-state index contributed by atoms with van der Waals surface area (Å²) in [7, 11) is 1.77. The second-order valence-electron chi connectivity index (χ2n) is 5.90. The molecular formula is C19H20ClN3OS. The molecule has 0 aliphatic carbocycles. The molecule has 1 heterocycles. The highest BCUT2D eigenvalue weighted by Gasteiger charge is 2.16. The molecule has 25 heavy (non-hydrogen) atoms. The van der Waals surface area contributed by atoms with Crippen LogP contribution in [0.25, 0.3) is 0 Å². The topological polar surface area (TPSA) is 57.0 Å². The molecule has 0 radical (unpaired) electrons. The van der Waals surface area contributed by atoms with Crippen LogP contribution in [0.5, 0.6) is 0 Å². The number of carbonyl (C=O) groups is 1. The zero-order valence-electron chi connectivity index (χ0n) is 14.8. The summed E-state index contributed by atoms with van der Waals surface area (Å²) in [6.45, 7) is 6.31. The van der Waals surface area contributed by atoms with Gasteiger partial charge in [0.05, 0.1) is 11.3 Å². The van der Waals surface area contributed by atoms with Crippen LogP contribution in [0.3, 0.4) is 0 Å². The molecular weight excluding hydrogens is 354 g/mol. The molecule has 2 rings (SSSR count). The van der Waals surface area contributed by atoms with Gasteiger partial charge >= 0.3 is 0 Å². The standard InChI is InChI=1S/C19H20ClN3OS/c1-12-13(2)17(9-21)19(22-14(12)3)25-11-18(24)23(4)10-15-5-7-16(20)8-6-15/h5-8H,10-11H2,1-4H3. The Labute approximate surface area is 157 Å². The molecule has 1 aromatic heterocycles. The van der Waals surface area contributed by atoms with E-state index in [0.717, 1.165) is 22.4 Å². The van der Waals surface area contributed by atoms with Gasteiger partial charge in [-0.05, 0) is 49.6 Å². The number of thioether (sulfide) groups is 1. The van der Waals surface area contributed by atoms with Gasteiger partial charge in [0, 0.05) is 24.3 Å². The van der Waals surface area contributed by atoms with Crippen molar-refractivity contribution in [2.75, 3.05) is 12.8 Å². The van der Waals surface area contributed by atoms with Crippen LogP contribution in [0.1, 0.15) is 27.9 Å². The molecule has 0 bridgehead atoms. The Morgan fingerprint density at radius 2 is 1.88 bits per heavy atom. The third-order valence-corrected chi connectivity index (χ3v) is 5.38. The number of rotatable bonds is 5. The Kier molecular flexibility index (Phi) is 6.46. The largest absolute Gasteiger partial charge is 0.341 e. The summed E-state index contributed by atoms with van der Waals surface area (Å²) in [5, 5.41) is 10.7. The number of hydrogen-bond donors (Lipinski definition) is 0. The number of benzene rings is 1. The highest BCUT2D eigenvalue weighted by atomic mass is 35.5. The Morgan fingerprint density at radius 3 is 2.48 bits per heavy atom. The fraction of sp³-hybridized carbons (Fsp3) is 0.316. The lowest BCUT2D eigenvalue weighted by atomic mass is 10.1. The molecule has 0 atom stereocenters. The van der Waals surface area contributed by atoms with Crippen LogP contribution in [-0.4, -0.2) is 28.6 Å². The van der Waals surface area contributed by atoms with Crippen LogP contribution in [0.4, 0.5) is 0 Å². The van der Waals surface area contributed by atoms with Crippen molar-refractivity contribution in [2.24, 2.45) is 0 Å². The fourth-order valence-electron chi connectivity index (χ4n) is 2.34. The highest BCUT2D eigenvalue weighted by Crippen LogP contribution is 2.26. The van der Waals surface area contributed by atoms with E-state index in [-0.39, 0.29) is 11.7 Å². The summed E-state index contributed by atoms with van der Waals surface area (Å²) in [6.07, 6.45) is 0. The molecule has 0 aliphatic rings. The average Bonchev–Trinajstić information content (AvgIpc) is 2.59. The van der Waals surface area contributed by atoms with Gasteiger partial charge in [0.15, 0.2) is 0 Å². The van der Waals surface area contributed by atoms with Crippen LogP contribution in [0.2, 0.25) is 5.02 Å². The van der Waals surface area contributed by atoms with Gasteiger partial charge in [-0.3, -0.25) is 4.79 Å². The predicted octanol–water partition coefficient (Wildman–Crippen LogP) is 4.28. The number of hydrogen-bond acceptors (Lipinski definition) is 4. The Morgan fingerprint density at radius 1 is 1.24 bits per heavy atom. The molecule has 0 N–H and O–H groups in total. The lowest BCUT2D eigenvalue weighted by Gasteiger charge is -2.17. The van der Waals surface area contributed by atoms with Crippen molar-refractivity contribution in [1.82, 2.24) is 9.88 Å². The molecule has 1 aromatic carbocycles. The minimum absolute atomic E-state index is 0.0125. The van der Waals surface area contributed by atoms with Crippen LogP contribution >= 0.6 is 23.4 Å². The summed E-state index contributed by atoms with van der Waals surface area (Å²) in [4.78, 5) is 18.5. The molecule has 6 heteroatoms. The highest BCUT2D eigenvalue weighted by molar-refractivity contribution is 8.00. The number of nitrogens with zero attached hydrogens (tertiary/aromatic N) is 3. The molecule has 4 nitrogen and oxygen atoms in total. The van der Waals surface area contributed by atoms with E-state index in [2.05, 4.69) is 11.1 Å². The average molecular weight is 374 g/mol. The SMILES string of the molecule is Cc1nc(SCC(=O)N(C)Cc2ccc(Cl)cc2)c(C#N)c(C)c1C. The van der Waals surface area contributed by atoms with Crippen LogP contribution < -0.4 is 0 Å². The number of amides is 1. The maximum absolute atomic E-state index is 12.4. The van der Waals surface area contributed by atoms with Gasteiger partial charge in [-0.15, -0.1) is 0 Å². The third-order valence-electron chi connectivity index (χ3n) is 4.17. The monoisotopic (exact) mass is 373 g/mol. The van der Waals surface area contributed by atoms with Gasteiger partial charge in [-0.2, -0.15) is 5.26 Å². The van der Waals surface area contributed by atoms with E-state index < -0.39 is 0 Å². The third kappa shape index (κ3) is 4.75. The van der Waals surface area contributed by atoms with E-state index in [4.69, 9.17) is 11.6 Å². The van der Waals surface area contributed by atoms with Crippen LogP contribution in [-0.2, 0) is 11.3 Å². The fourth-order valence-corrected chi connectivity index (χ4v) is 3.49. The van der Waals surface area contributed by atoms with Gasteiger partial charge < -0.3 is 4.90 Å². The lowest BCUT2D eigenvalue weighted by Crippen LogP contribution is -2.27. The molecule has 130 valence electrons. The molecule has 0 fully saturated rings. The second kappa shape index (κ2) is 8.37. The molecule has 0 spiro atoms. The smallest absolute Gasteiger partial charge is 0.233 e. The zero-order valence-corrected chi connectivity index (χ0v) is 16.3. The van der Waals surface area contributed by atoms with Gasteiger partial charge in [-0.1, -0.05) is 35.5 Å². The van der Waals surface area contributed by atoms with Crippen molar-refractivity contribution in [3.05, 3.63) is 57.2 Å². The molecule has 0 saturated heterocycles. The van der Waals surface area contributed by atoms with Crippen molar-refractivity contribution in [1.29, 1.82) is 5.26 Å². The maximum atomic E-state index is 12.4. The van der Waals surface area contributed by atoms with Crippen molar-refractivity contribution < 1.29 is 4.79 Å². The van der Waals surface area contributed by atoms with Gasteiger partial charge in [0.1, 0.15) is 11.1 Å². The van der Waals surface area contributed by atoms with Crippen LogP contribution in [0.15, 0.2) is 29.3 Å².